The maximum Gasteiger partial charge on any atom is 0.419 e. The van der Waals surface area contributed by atoms with Gasteiger partial charge in [-0.2, -0.15) is 0 Å². The molecule has 1 aromatic carbocycles. The Labute approximate surface area is 147 Å². The smallest absolute Gasteiger partial charge is 0.419 e. The Morgan fingerprint density at radius 2 is 1.76 bits per heavy atom. The summed E-state index contributed by atoms with van der Waals surface area (Å²) >= 11 is 0. The highest BCUT2D eigenvalue weighted by molar-refractivity contribution is 5.95. The summed E-state index contributed by atoms with van der Waals surface area (Å²) in [5, 5.41) is 0.844. The van der Waals surface area contributed by atoms with Gasteiger partial charge in [0.05, 0.1) is 17.3 Å². The van der Waals surface area contributed by atoms with Crippen molar-refractivity contribution in [1.82, 2.24) is 4.57 Å². The number of carbonyl (C=O) groups is 2. The Balaban J connectivity index is 2.62. The van der Waals surface area contributed by atoms with E-state index in [1.165, 1.54) is 4.57 Å². The van der Waals surface area contributed by atoms with Gasteiger partial charge >= 0.3 is 12.1 Å². The number of ether oxygens (including phenoxy) is 2. The van der Waals surface area contributed by atoms with Gasteiger partial charge in [-0.1, -0.05) is 18.2 Å². The van der Waals surface area contributed by atoms with Gasteiger partial charge in [-0.25, -0.2) is 14.2 Å². The molecule has 136 valence electrons. The number of aromatic nitrogens is 1. The standard InChI is InChI=1S/C19H26N2O4/c1-11(2)24-17(22)15(20)16-12(3)13-9-7-8-10-14(13)21(16)18(23)25-19(4,5)6/h7-11,15H,20H2,1-6H3. The molecule has 1 aromatic heterocycles. The monoisotopic (exact) mass is 346 g/mol. The summed E-state index contributed by atoms with van der Waals surface area (Å²) in [5.41, 5.74) is 7.28. The SMILES string of the molecule is Cc1c(C(N)C(=O)OC(C)C)n(C(=O)OC(C)(C)C)c2ccccc12. The fourth-order valence-corrected chi connectivity index (χ4v) is 2.72. The third-order valence-corrected chi connectivity index (χ3v) is 3.65. The quantitative estimate of drug-likeness (QED) is 0.857. The Morgan fingerprint density at radius 3 is 2.32 bits per heavy atom. The van der Waals surface area contributed by atoms with Crippen LogP contribution >= 0.6 is 0 Å². The summed E-state index contributed by atoms with van der Waals surface area (Å²) in [6, 6.07) is 6.30. The molecule has 0 aliphatic carbocycles. The number of nitrogens with two attached hydrogens (primary N) is 1. The lowest BCUT2D eigenvalue weighted by atomic mass is 10.1. The summed E-state index contributed by atoms with van der Waals surface area (Å²) in [6.45, 7) is 10.7. The fourth-order valence-electron chi connectivity index (χ4n) is 2.72. The topological polar surface area (TPSA) is 83.6 Å². The molecule has 0 spiro atoms. The third kappa shape index (κ3) is 4.02. The Morgan fingerprint density at radius 1 is 1.16 bits per heavy atom. The lowest BCUT2D eigenvalue weighted by Crippen LogP contribution is -2.33. The van der Waals surface area contributed by atoms with E-state index in [0.717, 1.165) is 10.9 Å². The zero-order chi connectivity index (χ0) is 18.9. The third-order valence-electron chi connectivity index (χ3n) is 3.65. The van der Waals surface area contributed by atoms with E-state index in [4.69, 9.17) is 15.2 Å². The van der Waals surface area contributed by atoms with Crippen LogP contribution < -0.4 is 5.73 Å². The molecule has 0 aliphatic rings. The van der Waals surface area contributed by atoms with Crippen molar-refractivity contribution in [2.75, 3.05) is 0 Å². The molecule has 0 saturated heterocycles. The zero-order valence-electron chi connectivity index (χ0n) is 15.6. The average molecular weight is 346 g/mol. The molecule has 0 bridgehead atoms. The van der Waals surface area contributed by atoms with Crippen LogP contribution in [0.2, 0.25) is 0 Å². The van der Waals surface area contributed by atoms with Crippen LogP contribution in [0.5, 0.6) is 0 Å². The molecule has 1 heterocycles. The van der Waals surface area contributed by atoms with E-state index in [1.807, 2.05) is 25.1 Å². The first kappa shape index (κ1) is 19.0. The molecule has 2 aromatic rings. The predicted molar refractivity (Wildman–Crippen MR) is 96.5 cm³/mol. The molecule has 0 aliphatic heterocycles. The second-order valence-corrected chi connectivity index (χ2v) is 7.31. The van der Waals surface area contributed by atoms with Gasteiger partial charge in [-0.05, 0) is 53.2 Å². The van der Waals surface area contributed by atoms with Gasteiger partial charge in [-0.3, -0.25) is 0 Å². The number of aryl methyl sites for hydroxylation is 1. The second-order valence-electron chi connectivity index (χ2n) is 7.31. The van der Waals surface area contributed by atoms with E-state index in [1.54, 1.807) is 40.7 Å². The number of rotatable bonds is 3. The lowest BCUT2D eigenvalue weighted by Gasteiger charge is -2.22. The maximum atomic E-state index is 12.8. The van der Waals surface area contributed by atoms with Crippen molar-refractivity contribution in [2.45, 2.75) is 59.3 Å². The summed E-state index contributed by atoms with van der Waals surface area (Å²) in [6.07, 6.45) is -0.863. The molecule has 6 nitrogen and oxygen atoms in total. The van der Waals surface area contributed by atoms with Crippen LogP contribution in [0, 0.1) is 6.92 Å². The first-order valence-corrected chi connectivity index (χ1v) is 8.32. The van der Waals surface area contributed by atoms with Crippen molar-refractivity contribution < 1.29 is 19.1 Å². The van der Waals surface area contributed by atoms with E-state index in [-0.39, 0.29) is 6.10 Å². The van der Waals surface area contributed by atoms with E-state index >= 15 is 0 Å². The first-order chi connectivity index (χ1) is 11.5. The number of fused-ring (bicyclic) bond motifs is 1. The van der Waals surface area contributed by atoms with Gasteiger partial charge in [-0.15, -0.1) is 0 Å². The van der Waals surface area contributed by atoms with Gasteiger partial charge in [0.2, 0.25) is 0 Å². The van der Waals surface area contributed by atoms with Gasteiger partial charge in [0, 0.05) is 5.39 Å². The fraction of sp³-hybridized carbons (Fsp3) is 0.474. The lowest BCUT2D eigenvalue weighted by molar-refractivity contribution is -0.149. The zero-order valence-corrected chi connectivity index (χ0v) is 15.6. The van der Waals surface area contributed by atoms with Gasteiger partial charge in [0.15, 0.2) is 0 Å². The van der Waals surface area contributed by atoms with E-state index in [0.29, 0.717) is 11.2 Å². The number of para-hydroxylation sites is 1. The molecule has 25 heavy (non-hydrogen) atoms. The molecule has 1 atom stereocenters. The molecule has 0 saturated carbocycles. The molecule has 1 unspecified atom stereocenters. The minimum absolute atomic E-state index is 0.293. The van der Waals surface area contributed by atoms with Crippen molar-refractivity contribution in [3.8, 4) is 0 Å². The number of carbonyl (C=O) groups excluding carboxylic acids is 2. The van der Waals surface area contributed by atoms with E-state index in [2.05, 4.69) is 0 Å². The molecule has 0 amide bonds. The molecule has 0 fully saturated rings. The van der Waals surface area contributed by atoms with Crippen LogP contribution in [0.25, 0.3) is 10.9 Å². The minimum Gasteiger partial charge on any atom is -0.462 e. The van der Waals surface area contributed by atoms with Crippen molar-refractivity contribution in [1.29, 1.82) is 0 Å². The van der Waals surface area contributed by atoms with Crippen LogP contribution in [0.3, 0.4) is 0 Å². The summed E-state index contributed by atoms with van der Waals surface area (Å²) < 4.78 is 12.1. The van der Waals surface area contributed by atoms with Gasteiger partial charge in [0.1, 0.15) is 11.6 Å². The van der Waals surface area contributed by atoms with E-state index in [9.17, 15) is 9.59 Å². The van der Waals surface area contributed by atoms with Crippen molar-refractivity contribution in [2.24, 2.45) is 5.73 Å². The average Bonchev–Trinajstić information content (AvgIpc) is 2.77. The number of benzene rings is 1. The summed E-state index contributed by atoms with van der Waals surface area (Å²) in [5.74, 6) is -0.578. The van der Waals surface area contributed by atoms with E-state index < -0.39 is 23.7 Å². The molecule has 2 N–H and O–H groups in total. The second kappa shape index (κ2) is 6.88. The number of nitrogens with zero attached hydrogens (tertiary/aromatic N) is 1. The highest BCUT2D eigenvalue weighted by atomic mass is 16.6. The predicted octanol–water partition coefficient (Wildman–Crippen LogP) is 3.68. The van der Waals surface area contributed by atoms with Crippen molar-refractivity contribution >= 4 is 23.0 Å². The Kier molecular flexibility index (Phi) is 5.23. The van der Waals surface area contributed by atoms with Gasteiger partial charge in [0.25, 0.3) is 0 Å². The minimum atomic E-state index is -1.08. The van der Waals surface area contributed by atoms with Gasteiger partial charge < -0.3 is 15.2 Å². The highest BCUT2D eigenvalue weighted by Crippen LogP contribution is 2.30. The van der Waals surface area contributed by atoms with Crippen molar-refractivity contribution in [3.63, 3.8) is 0 Å². The number of hydrogen-bond acceptors (Lipinski definition) is 5. The largest absolute Gasteiger partial charge is 0.462 e. The van der Waals surface area contributed by atoms with Crippen LogP contribution in [0.15, 0.2) is 24.3 Å². The highest BCUT2D eigenvalue weighted by Gasteiger charge is 2.31. The molecule has 0 radical (unpaired) electrons. The van der Waals surface area contributed by atoms with Crippen LogP contribution in [0.4, 0.5) is 4.79 Å². The molecular weight excluding hydrogens is 320 g/mol. The molecular formula is C19H26N2O4. The summed E-state index contributed by atoms with van der Waals surface area (Å²) in [4.78, 5) is 25.1. The first-order valence-electron chi connectivity index (χ1n) is 8.32. The molecule has 2 rings (SSSR count). The molecule has 6 heteroatoms. The van der Waals surface area contributed by atoms with Crippen molar-refractivity contribution in [3.05, 3.63) is 35.5 Å². The van der Waals surface area contributed by atoms with Crippen LogP contribution in [-0.4, -0.2) is 28.3 Å². The normalized spacial score (nSPS) is 13.1. The van der Waals surface area contributed by atoms with Crippen LogP contribution in [0.1, 0.15) is 51.9 Å². The summed E-state index contributed by atoms with van der Waals surface area (Å²) in [7, 11) is 0. The Bertz CT molecular complexity index is 800. The number of hydrogen-bond donors (Lipinski definition) is 1. The number of esters is 1. The van der Waals surface area contributed by atoms with Crippen LogP contribution in [-0.2, 0) is 14.3 Å². The maximum absolute atomic E-state index is 12.8. The Hall–Kier alpha value is -2.34.